The molecule has 26 heavy (non-hydrogen) atoms. The molecule has 1 unspecified atom stereocenters. The smallest absolute Gasteiger partial charge is 0.135 e. The van der Waals surface area contributed by atoms with Gasteiger partial charge >= 0.3 is 0 Å². The lowest BCUT2D eigenvalue weighted by Gasteiger charge is -2.42. The minimum atomic E-state index is -0.825. The predicted molar refractivity (Wildman–Crippen MR) is 101 cm³/mol. The van der Waals surface area contributed by atoms with Crippen molar-refractivity contribution in [2.45, 2.75) is 76.4 Å². The van der Waals surface area contributed by atoms with Crippen molar-refractivity contribution >= 4 is 11.6 Å². The Morgan fingerprint density at radius 1 is 0.769 bits per heavy atom. The van der Waals surface area contributed by atoms with E-state index in [1.165, 1.54) is 0 Å². The maximum Gasteiger partial charge on any atom is 0.135 e. The number of unbranched alkanes of at least 4 members (excludes halogenated alkanes) is 3. The Morgan fingerprint density at radius 2 is 1.31 bits per heavy atom. The molecule has 0 aromatic carbocycles. The molecule has 0 aromatic heterocycles. The molecular weight excluding hydrogens is 332 g/mol. The Bertz CT molecular complexity index is 437. The molecule has 0 bridgehead atoms. The molecule has 0 saturated carbocycles. The van der Waals surface area contributed by atoms with Gasteiger partial charge in [-0.3, -0.25) is 14.5 Å². The van der Waals surface area contributed by atoms with Crippen LogP contribution in [0.25, 0.3) is 0 Å². The van der Waals surface area contributed by atoms with Crippen molar-refractivity contribution in [2.24, 2.45) is 0 Å². The number of likely N-dealkylation sites (tertiary alicyclic amines) is 2. The van der Waals surface area contributed by atoms with Crippen molar-refractivity contribution in [2.75, 3.05) is 39.3 Å². The van der Waals surface area contributed by atoms with Gasteiger partial charge in [0.1, 0.15) is 17.3 Å². The Kier molecular flexibility index (Phi) is 9.19. The van der Waals surface area contributed by atoms with Crippen molar-refractivity contribution in [3.63, 3.8) is 0 Å². The molecule has 0 aromatic rings. The van der Waals surface area contributed by atoms with Crippen LogP contribution in [0.4, 0.5) is 0 Å². The summed E-state index contributed by atoms with van der Waals surface area (Å²) in [6, 6.07) is 0. The number of aliphatic hydroxyl groups excluding tert-OH is 1. The van der Waals surface area contributed by atoms with E-state index in [-0.39, 0.29) is 6.61 Å². The third-order valence-corrected chi connectivity index (χ3v) is 5.86. The number of rotatable bonds is 11. The zero-order chi connectivity index (χ0) is 18.8. The highest BCUT2D eigenvalue weighted by atomic mass is 16.3. The number of ketones is 2. The molecule has 2 rings (SSSR count). The number of piperidine rings is 2. The van der Waals surface area contributed by atoms with Crippen LogP contribution in [-0.4, -0.2) is 76.6 Å². The molecule has 150 valence electrons. The molecule has 2 saturated heterocycles. The largest absolute Gasteiger partial charge is 0.396 e. The van der Waals surface area contributed by atoms with Crippen LogP contribution in [-0.2, 0) is 9.59 Å². The topological polar surface area (TPSA) is 81.1 Å². The van der Waals surface area contributed by atoms with Crippen LogP contribution < -0.4 is 0 Å². The molecule has 2 aliphatic heterocycles. The fourth-order valence-corrected chi connectivity index (χ4v) is 4.08. The summed E-state index contributed by atoms with van der Waals surface area (Å²) in [5.41, 5.74) is -0.825. The number of nitrogens with zero attached hydrogens (tertiary/aromatic N) is 2. The number of Topliss-reactive ketones (excluding diaryl/α,β-unsaturated/α-hetero) is 2. The third-order valence-electron chi connectivity index (χ3n) is 5.86. The molecule has 6 heteroatoms. The second-order valence-corrected chi connectivity index (χ2v) is 7.88. The van der Waals surface area contributed by atoms with Crippen molar-refractivity contribution in [1.29, 1.82) is 0 Å². The Hall–Kier alpha value is -0.820. The minimum absolute atomic E-state index is 0.203. The van der Waals surface area contributed by atoms with Crippen LogP contribution in [0.15, 0.2) is 0 Å². The fourth-order valence-electron chi connectivity index (χ4n) is 4.08. The molecule has 2 aliphatic rings. The second-order valence-electron chi connectivity index (χ2n) is 7.88. The van der Waals surface area contributed by atoms with Gasteiger partial charge in [0.05, 0.1) is 0 Å². The average molecular weight is 369 g/mol. The molecule has 1 atom stereocenters. The second kappa shape index (κ2) is 11.1. The van der Waals surface area contributed by atoms with Gasteiger partial charge in [0.15, 0.2) is 0 Å². The first-order valence-electron chi connectivity index (χ1n) is 10.4. The van der Waals surface area contributed by atoms with E-state index in [9.17, 15) is 14.7 Å². The van der Waals surface area contributed by atoms with Crippen LogP contribution in [0.1, 0.15) is 70.6 Å². The first-order valence-corrected chi connectivity index (χ1v) is 10.4. The van der Waals surface area contributed by atoms with E-state index >= 15 is 0 Å². The van der Waals surface area contributed by atoms with Gasteiger partial charge in [0.2, 0.25) is 0 Å². The van der Waals surface area contributed by atoms with Gasteiger partial charge in [0, 0.05) is 58.5 Å². The Morgan fingerprint density at radius 3 is 1.88 bits per heavy atom. The molecule has 6 nitrogen and oxygen atoms in total. The van der Waals surface area contributed by atoms with Gasteiger partial charge in [-0.2, -0.15) is 0 Å². The van der Waals surface area contributed by atoms with Crippen LogP contribution in [0, 0.1) is 0 Å². The highest BCUT2D eigenvalue weighted by Gasteiger charge is 2.35. The number of hydrogen-bond donors (Lipinski definition) is 2. The summed E-state index contributed by atoms with van der Waals surface area (Å²) in [4.78, 5) is 27.3. The van der Waals surface area contributed by atoms with Gasteiger partial charge in [-0.15, -0.1) is 0 Å². The summed E-state index contributed by atoms with van der Waals surface area (Å²) in [7, 11) is 0. The summed E-state index contributed by atoms with van der Waals surface area (Å²) >= 11 is 0. The van der Waals surface area contributed by atoms with Gasteiger partial charge in [0.25, 0.3) is 0 Å². The Labute approximate surface area is 157 Å². The Balaban J connectivity index is 1.76. The predicted octanol–water partition coefficient (Wildman–Crippen LogP) is 1.73. The number of carbonyl (C=O) groups is 2. The lowest BCUT2D eigenvalue weighted by Crippen LogP contribution is -2.52. The standard InChI is InChI=1S/C20H36N2O4/c23-17-5-1-2-10-20(26,22-15-8-19(25)9-16-22)11-3-4-12-21-13-6-18(24)7-14-21/h23,26H,1-17H2. The summed E-state index contributed by atoms with van der Waals surface area (Å²) < 4.78 is 0. The first kappa shape index (κ1) is 21.5. The highest BCUT2D eigenvalue weighted by Crippen LogP contribution is 2.28. The molecule has 2 N–H and O–H groups in total. The van der Waals surface area contributed by atoms with Crippen molar-refractivity contribution in [1.82, 2.24) is 9.80 Å². The molecular formula is C20H36N2O4. The van der Waals surface area contributed by atoms with Gasteiger partial charge in [-0.05, 0) is 45.1 Å². The van der Waals surface area contributed by atoms with Crippen molar-refractivity contribution in [3.05, 3.63) is 0 Å². The van der Waals surface area contributed by atoms with E-state index in [2.05, 4.69) is 9.80 Å². The SMILES string of the molecule is O=C1CCN(CCCCC(O)(CCCCCO)N2CCC(=O)CC2)CC1. The lowest BCUT2D eigenvalue weighted by atomic mass is 9.94. The van der Waals surface area contributed by atoms with E-state index in [1.54, 1.807) is 0 Å². The van der Waals surface area contributed by atoms with E-state index in [4.69, 9.17) is 5.11 Å². The number of aliphatic hydroxyl groups is 2. The quantitative estimate of drug-likeness (QED) is 0.541. The zero-order valence-electron chi connectivity index (χ0n) is 16.1. The van der Waals surface area contributed by atoms with Gasteiger partial charge in [-0.1, -0.05) is 6.42 Å². The molecule has 0 spiro atoms. The van der Waals surface area contributed by atoms with Crippen molar-refractivity contribution < 1.29 is 19.8 Å². The highest BCUT2D eigenvalue weighted by molar-refractivity contribution is 5.79. The molecule has 2 heterocycles. The molecule has 0 aliphatic carbocycles. The maximum atomic E-state index is 11.5. The van der Waals surface area contributed by atoms with E-state index in [0.717, 1.165) is 58.2 Å². The summed E-state index contributed by atoms with van der Waals surface area (Å²) in [6.07, 6.45) is 8.46. The van der Waals surface area contributed by atoms with Crippen molar-refractivity contribution in [3.8, 4) is 0 Å². The number of hydrogen-bond acceptors (Lipinski definition) is 6. The first-order chi connectivity index (χ1) is 12.5. The van der Waals surface area contributed by atoms with E-state index in [1.807, 2.05) is 0 Å². The minimum Gasteiger partial charge on any atom is -0.396 e. The number of carbonyl (C=O) groups excluding carboxylic acids is 2. The monoisotopic (exact) mass is 368 g/mol. The third kappa shape index (κ3) is 7.06. The fraction of sp³-hybridized carbons (Fsp3) is 0.900. The van der Waals surface area contributed by atoms with Crippen LogP contribution in [0.2, 0.25) is 0 Å². The normalized spacial score (nSPS) is 22.5. The van der Waals surface area contributed by atoms with Crippen LogP contribution in [0.3, 0.4) is 0 Å². The van der Waals surface area contributed by atoms with Gasteiger partial charge in [-0.25, -0.2) is 0 Å². The molecule has 2 fully saturated rings. The average Bonchev–Trinajstić information content (AvgIpc) is 2.64. The molecule has 0 amide bonds. The zero-order valence-corrected chi connectivity index (χ0v) is 16.1. The van der Waals surface area contributed by atoms with Crippen LogP contribution in [0.5, 0.6) is 0 Å². The van der Waals surface area contributed by atoms with E-state index < -0.39 is 5.72 Å². The lowest BCUT2D eigenvalue weighted by molar-refractivity contribution is -0.142. The summed E-state index contributed by atoms with van der Waals surface area (Å²) in [6.45, 7) is 4.26. The summed E-state index contributed by atoms with van der Waals surface area (Å²) in [5.74, 6) is 0.668. The summed E-state index contributed by atoms with van der Waals surface area (Å²) in [5, 5.41) is 20.2. The van der Waals surface area contributed by atoms with Crippen LogP contribution >= 0.6 is 0 Å². The van der Waals surface area contributed by atoms with Gasteiger partial charge < -0.3 is 15.1 Å². The van der Waals surface area contributed by atoms with E-state index in [0.29, 0.717) is 56.8 Å². The maximum absolute atomic E-state index is 11.5. The molecule has 0 radical (unpaired) electrons.